The fourth-order valence-electron chi connectivity index (χ4n) is 3.22. The molecular weight excluding hydrogens is 224 g/mol. The molecule has 0 unspecified atom stereocenters. The van der Waals surface area contributed by atoms with Gasteiger partial charge in [-0.1, -0.05) is 32.6 Å². The average Bonchev–Trinajstić information content (AvgIpc) is 2.89. The molecule has 0 spiro atoms. The van der Waals surface area contributed by atoms with E-state index in [-0.39, 0.29) is 5.91 Å². The monoisotopic (exact) mass is 252 g/mol. The topological polar surface area (TPSA) is 41.1 Å². The van der Waals surface area contributed by atoms with Gasteiger partial charge in [-0.05, 0) is 37.5 Å². The third kappa shape index (κ3) is 4.60. The number of hydrogen-bond acceptors (Lipinski definition) is 2. The summed E-state index contributed by atoms with van der Waals surface area (Å²) in [6.45, 7) is 3.73. The molecule has 0 aromatic heterocycles. The van der Waals surface area contributed by atoms with Gasteiger partial charge in [-0.2, -0.15) is 0 Å². The summed E-state index contributed by atoms with van der Waals surface area (Å²) in [6, 6.07) is 0.589. The van der Waals surface area contributed by atoms with Crippen molar-refractivity contribution in [3.8, 4) is 0 Å². The van der Waals surface area contributed by atoms with E-state index in [0.717, 1.165) is 18.4 Å². The van der Waals surface area contributed by atoms with Crippen molar-refractivity contribution in [1.29, 1.82) is 0 Å². The molecule has 0 aromatic rings. The zero-order chi connectivity index (χ0) is 12.8. The minimum atomic E-state index is 0.181. The molecule has 2 aliphatic carbocycles. The highest BCUT2D eigenvalue weighted by Crippen LogP contribution is 2.27. The van der Waals surface area contributed by atoms with Crippen molar-refractivity contribution in [2.75, 3.05) is 13.1 Å². The Labute approximate surface area is 111 Å². The molecule has 2 N–H and O–H groups in total. The highest BCUT2D eigenvalue weighted by molar-refractivity contribution is 5.78. The minimum Gasteiger partial charge on any atom is -0.355 e. The SMILES string of the molecule is CC1CCC(CNC(=O)CNC2CCCC2)CC1. The zero-order valence-corrected chi connectivity index (χ0v) is 11.7. The maximum atomic E-state index is 11.7. The molecule has 3 heteroatoms. The summed E-state index contributed by atoms with van der Waals surface area (Å²) in [7, 11) is 0. The van der Waals surface area contributed by atoms with Crippen molar-refractivity contribution in [2.24, 2.45) is 11.8 Å². The van der Waals surface area contributed by atoms with Gasteiger partial charge < -0.3 is 10.6 Å². The lowest BCUT2D eigenvalue weighted by Crippen LogP contribution is -2.40. The largest absolute Gasteiger partial charge is 0.355 e. The van der Waals surface area contributed by atoms with Gasteiger partial charge in [0.05, 0.1) is 6.54 Å². The van der Waals surface area contributed by atoms with Gasteiger partial charge in [0.1, 0.15) is 0 Å². The van der Waals surface area contributed by atoms with Crippen LogP contribution in [0.4, 0.5) is 0 Å². The number of rotatable bonds is 5. The Morgan fingerprint density at radius 2 is 1.72 bits per heavy atom. The molecule has 1 amide bonds. The highest BCUT2D eigenvalue weighted by atomic mass is 16.1. The second-order valence-corrected chi connectivity index (χ2v) is 6.29. The molecule has 3 nitrogen and oxygen atoms in total. The van der Waals surface area contributed by atoms with Crippen molar-refractivity contribution in [2.45, 2.75) is 64.3 Å². The molecule has 0 atom stereocenters. The van der Waals surface area contributed by atoms with Crippen LogP contribution in [0.15, 0.2) is 0 Å². The minimum absolute atomic E-state index is 0.181. The van der Waals surface area contributed by atoms with Gasteiger partial charge in [0.25, 0.3) is 0 Å². The van der Waals surface area contributed by atoms with Gasteiger partial charge in [-0.25, -0.2) is 0 Å². The quantitative estimate of drug-likeness (QED) is 0.789. The van der Waals surface area contributed by atoms with Crippen molar-refractivity contribution in [3.63, 3.8) is 0 Å². The van der Waals surface area contributed by atoms with Gasteiger partial charge in [-0.3, -0.25) is 4.79 Å². The second-order valence-electron chi connectivity index (χ2n) is 6.29. The lowest BCUT2D eigenvalue weighted by atomic mass is 9.83. The lowest BCUT2D eigenvalue weighted by Gasteiger charge is -2.26. The third-order valence-electron chi connectivity index (χ3n) is 4.63. The van der Waals surface area contributed by atoms with Crippen molar-refractivity contribution >= 4 is 5.91 Å². The first-order valence-corrected chi connectivity index (χ1v) is 7.74. The molecule has 0 heterocycles. The Hall–Kier alpha value is -0.570. The van der Waals surface area contributed by atoms with Crippen molar-refractivity contribution in [3.05, 3.63) is 0 Å². The lowest BCUT2D eigenvalue weighted by molar-refractivity contribution is -0.120. The summed E-state index contributed by atoms with van der Waals surface area (Å²) in [5.41, 5.74) is 0. The van der Waals surface area contributed by atoms with Crippen LogP contribution in [0.3, 0.4) is 0 Å². The molecular formula is C15H28N2O. The Balaban J connectivity index is 1.54. The van der Waals surface area contributed by atoms with Crippen molar-refractivity contribution in [1.82, 2.24) is 10.6 Å². The van der Waals surface area contributed by atoms with Gasteiger partial charge in [0.2, 0.25) is 5.91 Å². The predicted molar refractivity (Wildman–Crippen MR) is 74.4 cm³/mol. The first-order valence-electron chi connectivity index (χ1n) is 7.74. The molecule has 0 bridgehead atoms. The van der Waals surface area contributed by atoms with Crippen LogP contribution in [0.5, 0.6) is 0 Å². The Bertz CT molecular complexity index is 253. The van der Waals surface area contributed by atoms with Crippen LogP contribution in [0.25, 0.3) is 0 Å². The molecule has 2 saturated carbocycles. The van der Waals surface area contributed by atoms with Crippen LogP contribution in [0, 0.1) is 11.8 Å². The van der Waals surface area contributed by atoms with E-state index >= 15 is 0 Å². The number of carbonyl (C=O) groups excluding carboxylic acids is 1. The van der Waals surface area contributed by atoms with Crippen LogP contribution in [-0.4, -0.2) is 25.0 Å². The first kappa shape index (κ1) is 13.9. The van der Waals surface area contributed by atoms with Crippen LogP contribution in [0.1, 0.15) is 58.3 Å². The molecule has 0 radical (unpaired) electrons. The van der Waals surface area contributed by atoms with E-state index in [1.165, 1.54) is 51.4 Å². The van der Waals surface area contributed by atoms with E-state index in [2.05, 4.69) is 17.6 Å². The van der Waals surface area contributed by atoms with E-state index in [1.807, 2.05) is 0 Å². The van der Waals surface area contributed by atoms with Gasteiger partial charge >= 0.3 is 0 Å². The average molecular weight is 252 g/mol. The van der Waals surface area contributed by atoms with Crippen LogP contribution >= 0.6 is 0 Å². The molecule has 2 fully saturated rings. The highest BCUT2D eigenvalue weighted by Gasteiger charge is 2.19. The van der Waals surface area contributed by atoms with Crippen LogP contribution in [0.2, 0.25) is 0 Å². The number of nitrogens with one attached hydrogen (secondary N) is 2. The van der Waals surface area contributed by atoms with Crippen molar-refractivity contribution < 1.29 is 4.79 Å². The smallest absolute Gasteiger partial charge is 0.233 e. The molecule has 0 aliphatic heterocycles. The normalized spacial score (nSPS) is 29.4. The summed E-state index contributed by atoms with van der Waals surface area (Å²) < 4.78 is 0. The molecule has 2 rings (SSSR count). The predicted octanol–water partition coefficient (Wildman–Crippen LogP) is 2.46. The van der Waals surface area contributed by atoms with Gasteiger partial charge in [0, 0.05) is 12.6 Å². The maximum absolute atomic E-state index is 11.7. The Morgan fingerprint density at radius 3 is 2.39 bits per heavy atom. The maximum Gasteiger partial charge on any atom is 0.233 e. The Kier molecular flexibility index (Phi) is 5.48. The Morgan fingerprint density at radius 1 is 1.06 bits per heavy atom. The zero-order valence-electron chi connectivity index (χ0n) is 11.7. The standard InChI is InChI=1S/C15H28N2O/c1-12-6-8-13(9-7-12)10-17-15(18)11-16-14-4-2-3-5-14/h12-14,16H,2-11H2,1H3,(H,17,18). The number of amides is 1. The molecule has 0 aromatic carbocycles. The number of carbonyl (C=O) groups is 1. The summed E-state index contributed by atoms with van der Waals surface area (Å²) >= 11 is 0. The molecule has 104 valence electrons. The van der Waals surface area contributed by atoms with Crippen LogP contribution in [-0.2, 0) is 4.79 Å². The van der Waals surface area contributed by atoms with E-state index in [9.17, 15) is 4.79 Å². The second kappa shape index (κ2) is 7.13. The molecule has 18 heavy (non-hydrogen) atoms. The van der Waals surface area contributed by atoms with E-state index in [0.29, 0.717) is 12.6 Å². The fraction of sp³-hybridized carbons (Fsp3) is 0.933. The number of hydrogen-bond donors (Lipinski definition) is 2. The van der Waals surface area contributed by atoms with E-state index in [4.69, 9.17) is 0 Å². The summed E-state index contributed by atoms with van der Waals surface area (Å²) in [5, 5.41) is 6.45. The molecule has 0 saturated heterocycles. The van der Waals surface area contributed by atoms with Gasteiger partial charge in [0.15, 0.2) is 0 Å². The summed E-state index contributed by atoms with van der Waals surface area (Å²) in [4.78, 5) is 11.7. The summed E-state index contributed by atoms with van der Waals surface area (Å²) in [5.74, 6) is 1.79. The molecule has 2 aliphatic rings. The summed E-state index contributed by atoms with van der Waals surface area (Å²) in [6.07, 6.45) is 10.4. The van der Waals surface area contributed by atoms with Gasteiger partial charge in [-0.15, -0.1) is 0 Å². The van der Waals surface area contributed by atoms with E-state index in [1.54, 1.807) is 0 Å². The first-order chi connectivity index (χ1) is 8.74. The third-order valence-corrected chi connectivity index (χ3v) is 4.63. The van der Waals surface area contributed by atoms with Crippen LogP contribution < -0.4 is 10.6 Å². The van der Waals surface area contributed by atoms with E-state index < -0.39 is 0 Å². The fourth-order valence-corrected chi connectivity index (χ4v) is 3.22.